The number of nitrogens with zero attached hydrogens (tertiary/aromatic N) is 1. The van der Waals surface area contributed by atoms with E-state index in [1.54, 1.807) is 0 Å². The lowest BCUT2D eigenvalue weighted by Gasteiger charge is -2.36. The average molecular weight is 391 g/mol. The summed E-state index contributed by atoms with van der Waals surface area (Å²) in [6.07, 6.45) is 5.02. The number of ether oxygens (including phenoxy) is 1. The van der Waals surface area contributed by atoms with Gasteiger partial charge in [-0.05, 0) is 50.3 Å². The summed E-state index contributed by atoms with van der Waals surface area (Å²) in [5.74, 6) is 0.247. The maximum Gasteiger partial charge on any atom is 0.411 e. The van der Waals surface area contributed by atoms with Crippen molar-refractivity contribution in [2.45, 2.75) is 51.3 Å². The summed E-state index contributed by atoms with van der Waals surface area (Å²) in [5, 5.41) is 3.62. The van der Waals surface area contributed by atoms with E-state index in [2.05, 4.69) is 66.9 Å². The van der Waals surface area contributed by atoms with Gasteiger partial charge in [-0.15, -0.1) is 0 Å². The number of nitrogens with one attached hydrogen (secondary N) is 1. The third kappa shape index (κ3) is 3.52. The summed E-state index contributed by atoms with van der Waals surface area (Å²) in [6, 6.07) is 18.8. The van der Waals surface area contributed by atoms with Crippen molar-refractivity contribution in [2.24, 2.45) is 5.92 Å². The van der Waals surface area contributed by atoms with Gasteiger partial charge in [0, 0.05) is 17.6 Å². The van der Waals surface area contributed by atoms with Crippen LogP contribution in [-0.2, 0) is 10.2 Å². The maximum absolute atomic E-state index is 12.9. The van der Waals surface area contributed by atoms with Crippen LogP contribution in [-0.4, -0.2) is 29.3 Å². The number of rotatable bonds is 3. The number of carbonyl (C=O) groups excluding carboxylic acids is 1. The third-order valence-corrected chi connectivity index (χ3v) is 6.10. The normalized spacial score (nSPS) is 24.1. The number of para-hydroxylation sites is 1. The lowest BCUT2D eigenvalue weighted by atomic mass is 9.69. The molecule has 4 rings (SSSR count). The number of anilines is 1. The molecule has 1 amide bonds. The molecule has 0 spiro atoms. The topological polar surface area (TPSA) is 41.6 Å². The predicted molar refractivity (Wildman–Crippen MR) is 118 cm³/mol. The molecule has 3 atom stereocenters. The van der Waals surface area contributed by atoms with E-state index >= 15 is 0 Å². The number of likely N-dealkylation sites (tertiary alicyclic amines) is 1. The van der Waals surface area contributed by atoms with Gasteiger partial charge in [-0.25, -0.2) is 4.79 Å². The highest BCUT2D eigenvalue weighted by atomic mass is 16.6. The second kappa shape index (κ2) is 7.25. The smallest absolute Gasteiger partial charge is 0.411 e. The van der Waals surface area contributed by atoms with Crippen LogP contribution in [0.2, 0.25) is 0 Å². The van der Waals surface area contributed by atoms with Crippen LogP contribution in [0.5, 0.6) is 0 Å². The Morgan fingerprint density at radius 2 is 1.86 bits per heavy atom. The fourth-order valence-corrected chi connectivity index (χ4v) is 4.73. The molecule has 0 aromatic heterocycles. The van der Waals surface area contributed by atoms with E-state index in [1.165, 1.54) is 11.1 Å². The van der Waals surface area contributed by atoms with Crippen LogP contribution < -0.4 is 5.32 Å². The standard InChI is InChI=1S/C25H30N2O2/c1-18(14-15-19-10-6-5-7-11-19)25-16-17-27(23(28)29-24(2,3)4)22(25)26-21-13-9-8-12-20(21)25/h5-15,18,22,26H,16-17H2,1-4H3/b15-14+/t18?,22-,25+/m0/s1. The van der Waals surface area contributed by atoms with Crippen LogP contribution in [0.3, 0.4) is 0 Å². The number of hydrogen-bond donors (Lipinski definition) is 1. The Bertz CT molecular complexity index is 916. The Kier molecular flexibility index (Phi) is 4.89. The zero-order valence-corrected chi connectivity index (χ0v) is 17.7. The highest BCUT2D eigenvalue weighted by Gasteiger charge is 2.57. The van der Waals surface area contributed by atoms with E-state index in [-0.39, 0.29) is 23.6 Å². The highest BCUT2D eigenvalue weighted by molar-refractivity contribution is 5.73. The van der Waals surface area contributed by atoms with Crippen LogP contribution in [0, 0.1) is 5.92 Å². The molecule has 1 saturated heterocycles. The number of amides is 1. The van der Waals surface area contributed by atoms with Crippen LogP contribution in [0.25, 0.3) is 6.08 Å². The fourth-order valence-electron chi connectivity index (χ4n) is 4.73. The summed E-state index contributed by atoms with van der Waals surface area (Å²) in [7, 11) is 0. The molecule has 0 aliphatic carbocycles. The fraction of sp³-hybridized carbons (Fsp3) is 0.400. The second-order valence-electron chi connectivity index (χ2n) is 9.12. The number of carbonyl (C=O) groups is 1. The largest absolute Gasteiger partial charge is 0.444 e. The first-order valence-electron chi connectivity index (χ1n) is 10.4. The van der Waals surface area contributed by atoms with Crippen LogP contribution in [0.1, 0.15) is 45.2 Å². The van der Waals surface area contributed by atoms with Gasteiger partial charge in [-0.2, -0.15) is 0 Å². The van der Waals surface area contributed by atoms with Crippen molar-refractivity contribution >= 4 is 17.9 Å². The molecule has 4 heteroatoms. The molecule has 2 aliphatic rings. The Morgan fingerprint density at radius 3 is 2.59 bits per heavy atom. The highest BCUT2D eigenvalue weighted by Crippen LogP contribution is 2.53. The molecule has 152 valence electrons. The summed E-state index contributed by atoms with van der Waals surface area (Å²) in [4.78, 5) is 14.8. The SMILES string of the molecule is CC(/C=C/c1ccccc1)[C@@]12CCN(C(=O)OC(C)(C)C)[C@@H]1Nc1ccccc12. The molecular weight excluding hydrogens is 360 g/mol. The number of fused-ring (bicyclic) bond motifs is 3. The molecule has 2 aromatic carbocycles. The minimum Gasteiger partial charge on any atom is -0.444 e. The molecule has 1 fully saturated rings. The van der Waals surface area contributed by atoms with E-state index in [0.29, 0.717) is 6.54 Å². The number of allylic oxidation sites excluding steroid dienone is 1. The zero-order valence-electron chi connectivity index (χ0n) is 17.7. The van der Waals surface area contributed by atoms with E-state index in [1.807, 2.05) is 37.8 Å². The zero-order chi connectivity index (χ0) is 20.6. The first kappa shape index (κ1) is 19.6. The Morgan fingerprint density at radius 1 is 1.17 bits per heavy atom. The first-order chi connectivity index (χ1) is 13.8. The molecule has 2 aromatic rings. The maximum atomic E-state index is 12.9. The van der Waals surface area contributed by atoms with Gasteiger partial charge >= 0.3 is 6.09 Å². The first-order valence-corrected chi connectivity index (χ1v) is 10.4. The molecule has 2 aliphatic heterocycles. The average Bonchev–Trinajstić information content (AvgIpc) is 3.21. The van der Waals surface area contributed by atoms with E-state index < -0.39 is 5.60 Å². The van der Waals surface area contributed by atoms with Crippen molar-refractivity contribution < 1.29 is 9.53 Å². The van der Waals surface area contributed by atoms with Gasteiger partial charge in [0.2, 0.25) is 0 Å². The molecule has 4 nitrogen and oxygen atoms in total. The molecular formula is C25H30N2O2. The summed E-state index contributed by atoms with van der Waals surface area (Å²) < 4.78 is 5.71. The van der Waals surface area contributed by atoms with E-state index in [9.17, 15) is 4.79 Å². The van der Waals surface area contributed by atoms with E-state index in [0.717, 1.165) is 12.1 Å². The quantitative estimate of drug-likeness (QED) is 0.734. The van der Waals surface area contributed by atoms with Crippen molar-refractivity contribution in [1.82, 2.24) is 4.90 Å². The van der Waals surface area contributed by atoms with Gasteiger partial charge in [0.25, 0.3) is 0 Å². The van der Waals surface area contributed by atoms with Gasteiger partial charge in [0.15, 0.2) is 0 Å². The molecule has 0 radical (unpaired) electrons. The Hall–Kier alpha value is -2.75. The van der Waals surface area contributed by atoms with Crippen LogP contribution in [0.4, 0.5) is 10.5 Å². The number of hydrogen-bond acceptors (Lipinski definition) is 3. The molecule has 2 heterocycles. The molecule has 0 bridgehead atoms. The lowest BCUT2D eigenvalue weighted by molar-refractivity contribution is 0.0218. The van der Waals surface area contributed by atoms with Crippen molar-refractivity contribution in [3.05, 3.63) is 71.8 Å². The molecule has 1 unspecified atom stereocenters. The number of benzene rings is 2. The van der Waals surface area contributed by atoms with Crippen molar-refractivity contribution in [3.8, 4) is 0 Å². The van der Waals surface area contributed by atoms with E-state index in [4.69, 9.17) is 4.74 Å². The van der Waals surface area contributed by atoms with Crippen molar-refractivity contribution in [1.29, 1.82) is 0 Å². The molecule has 1 N–H and O–H groups in total. The molecule has 29 heavy (non-hydrogen) atoms. The van der Waals surface area contributed by atoms with Crippen molar-refractivity contribution in [3.63, 3.8) is 0 Å². The summed E-state index contributed by atoms with van der Waals surface area (Å²) in [5.41, 5.74) is 2.92. The van der Waals surface area contributed by atoms with Gasteiger partial charge in [0.1, 0.15) is 11.8 Å². The van der Waals surface area contributed by atoms with Crippen LogP contribution in [0.15, 0.2) is 60.7 Å². The van der Waals surface area contributed by atoms with Crippen molar-refractivity contribution in [2.75, 3.05) is 11.9 Å². The third-order valence-electron chi connectivity index (χ3n) is 6.10. The molecule has 0 saturated carbocycles. The van der Waals surface area contributed by atoms with Gasteiger partial charge in [0.05, 0.1) is 0 Å². The summed E-state index contributed by atoms with van der Waals surface area (Å²) in [6.45, 7) is 8.68. The van der Waals surface area contributed by atoms with Gasteiger partial charge < -0.3 is 10.1 Å². The lowest BCUT2D eigenvalue weighted by Crippen LogP contribution is -2.49. The predicted octanol–water partition coefficient (Wildman–Crippen LogP) is 5.67. The Labute approximate surface area is 173 Å². The van der Waals surface area contributed by atoms with Gasteiger partial charge in [-0.1, -0.05) is 67.6 Å². The second-order valence-corrected chi connectivity index (χ2v) is 9.12. The van der Waals surface area contributed by atoms with Crippen LogP contribution >= 0.6 is 0 Å². The summed E-state index contributed by atoms with van der Waals surface area (Å²) >= 11 is 0. The monoisotopic (exact) mass is 390 g/mol. The minimum atomic E-state index is -0.507. The van der Waals surface area contributed by atoms with Gasteiger partial charge in [-0.3, -0.25) is 4.90 Å². The Balaban J connectivity index is 1.68. The minimum absolute atomic E-state index is 0.106.